The molecule has 12 heteroatoms. The minimum absolute atomic E-state index is 0.187. The summed E-state index contributed by atoms with van der Waals surface area (Å²) in [6, 6.07) is 17.4. The first kappa shape index (κ1) is 31.0. The Bertz CT molecular complexity index is 1920. The highest BCUT2D eigenvalue weighted by Gasteiger charge is 2.32. The largest absolute Gasteiger partial charge is 0.324 e. The molecule has 45 heavy (non-hydrogen) atoms. The Kier molecular flexibility index (Phi) is 8.55. The van der Waals surface area contributed by atoms with E-state index in [0.29, 0.717) is 37.1 Å². The molecule has 0 bridgehead atoms. The van der Waals surface area contributed by atoms with E-state index in [4.69, 9.17) is 5.10 Å². The van der Waals surface area contributed by atoms with Crippen LogP contribution in [0.4, 0.5) is 16.3 Å². The third kappa shape index (κ3) is 6.98. The first-order chi connectivity index (χ1) is 21.5. The average Bonchev–Trinajstić information content (AvgIpc) is 3.65. The molecular weight excluding hydrogens is 607 g/mol. The molecule has 0 spiro atoms. The maximum absolute atomic E-state index is 13.3. The van der Waals surface area contributed by atoms with Crippen molar-refractivity contribution in [1.82, 2.24) is 22.8 Å². The number of nitrogens with zero attached hydrogens (tertiary/aromatic N) is 5. The Morgan fingerprint density at radius 3 is 2.53 bits per heavy atom. The van der Waals surface area contributed by atoms with Crippen molar-refractivity contribution in [2.45, 2.75) is 52.4 Å². The van der Waals surface area contributed by atoms with E-state index in [1.165, 1.54) is 15.8 Å². The smallest absolute Gasteiger partial charge is 0.308 e. The number of amides is 2. The zero-order valence-corrected chi connectivity index (χ0v) is 27.7. The van der Waals surface area contributed by atoms with Gasteiger partial charge in [-0.3, -0.25) is 9.62 Å². The SMILES string of the molecule is Cc1ccc(-n2nc(C(C)(C)C)cc2NC(=O)Nc2cccc(CC3CCN(S(=O)(=O)N4C=c5cnsc5=CC4)CC3)c2)cc1. The quantitative estimate of drug-likeness (QED) is 0.305. The second-order valence-corrected chi connectivity index (χ2v) is 15.5. The van der Waals surface area contributed by atoms with Gasteiger partial charge in [0.25, 0.3) is 0 Å². The van der Waals surface area contributed by atoms with Crippen LogP contribution in [0.2, 0.25) is 0 Å². The van der Waals surface area contributed by atoms with Crippen LogP contribution < -0.4 is 20.4 Å². The summed E-state index contributed by atoms with van der Waals surface area (Å²) < 4.78 is 36.6. The van der Waals surface area contributed by atoms with E-state index >= 15 is 0 Å². The zero-order chi connectivity index (χ0) is 31.8. The van der Waals surface area contributed by atoms with Gasteiger partial charge in [0.05, 0.1) is 28.7 Å². The van der Waals surface area contributed by atoms with Gasteiger partial charge in [-0.15, -0.1) is 0 Å². The summed E-state index contributed by atoms with van der Waals surface area (Å²) in [7, 11) is -3.58. The summed E-state index contributed by atoms with van der Waals surface area (Å²) in [4.78, 5) is 13.2. The lowest BCUT2D eigenvalue weighted by atomic mass is 9.91. The molecule has 2 N–H and O–H groups in total. The molecule has 2 aromatic heterocycles. The van der Waals surface area contributed by atoms with Gasteiger partial charge in [0, 0.05) is 41.7 Å². The average molecular weight is 646 g/mol. The van der Waals surface area contributed by atoms with Gasteiger partial charge in [-0.1, -0.05) is 50.6 Å². The highest BCUT2D eigenvalue weighted by molar-refractivity contribution is 7.87. The highest BCUT2D eigenvalue weighted by Crippen LogP contribution is 2.28. The highest BCUT2D eigenvalue weighted by atomic mass is 32.2. The molecule has 2 aromatic carbocycles. The monoisotopic (exact) mass is 645 g/mol. The van der Waals surface area contributed by atoms with Crippen molar-refractivity contribution in [3.05, 3.63) is 87.4 Å². The predicted molar refractivity (Wildman–Crippen MR) is 180 cm³/mol. The Morgan fingerprint density at radius 2 is 1.80 bits per heavy atom. The number of aromatic nitrogens is 3. The van der Waals surface area contributed by atoms with Crippen LogP contribution in [0.25, 0.3) is 18.0 Å². The van der Waals surface area contributed by atoms with E-state index in [0.717, 1.165) is 51.5 Å². The van der Waals surface area contributed by atoms with Crippen LogP contribution in [0.15, 0.2) is 60.8 Å². The van der Waals surface area contributed by atoms with E-state index in [1.807, 2.05) is 61.5 Å². The number of anilines is 2. The van der Waals surface area contributed by atoms with Crippen molar-refractivity contribution in [1.29, 1.82) is 0 Å². The fraction of sp³-hybridized carbons (Fsp3) is 0.364. The van der Waals surface area contributed by atoms with Crippen molar-refractivity contribution < 1.29 is 13.2 Å². The molecular formula is C33H39N7O3S2. The van der Waals surface area contributed by atoms with E-state index in [-0.39, 0.29) is 11.4 Å². The number of rotatable bonds is 7. The van der Waals surface area contributed by atoms with E-state index < -0.39 is 10.2 Å². The number of urea groups is 1. The molecule has 2 aliphatic heterocycles. The summed E-state index contributed by atoms with van der Waals surface area (Å²) in [5, 5.41) is 11.6. The molecule has 2 aliphatic rings. The third-order valence-electron chi connectivity index (χ3n) is 8.27. The number of carbonyl (C=O) groups is 1. The summed E-state index contributed by atoms with van der Waals surface area (Å²) in [6.07, 6.45) is 7.68. The maximum Gasteiger partial charge on any atom is 0.324 e. The Hall–Kier alpha value is -4.00. The van der Waals surface area contributed by atoms with Gasteiger partial charge < -0.3 is 5.32 Å². The number of hydrogen-bond donors (Lipinski definition) is 2. The van der Waals surface area contributed by atoms with Gasteiger partial charge in [0.2, 0.25) is 0 Å². The lowest BCUT2D eigenvalue weighted by Crippen LogP contribution is -2.47. The van der Waals surface area contributed by atoms with Gasteiger partial charge in [0.1, 0.15) is 5.82 Å². The lowest BCUT2D eigenvalue weighted by Gasteiger charge is -2.34. The first-order valence-electron chi connectivity index (χ1n) is 15.2. The van der Waals surface area contributed by atoms with Crippen LogP contribution in [0.1, 0.15) is 50.4 Å². The number of hydrogen-bond acceptors (Lipinski definition) is 6. The number of nitrogens with one attached hydrogen (secondary N) is 2. The number of carbonyl (C=O) groups excluding carboxylic acids is 1. The molecule has 0 aliphatic carbocycles. The molecule has 0 radical (unpaired) electrons. The zero-order valence-electron chi connectivity index (χ0n) is 26.0. The number of benzene rings is 2. The Morgan fingerprint density at radius 1 is 1.04 bits per heavy atom. The molecule has 0 unspecified atom stereocenters. The first-order valence-corrected chi connectivity index (χ1v) is 17.4. The van der Waals surface area contributed by atoms with Gasteiger partial charge in [-0.25, -0.2) is 9.48 Å². The topological polar surface area (TPSA) is 112 Å². The van der Waals surface area contributed by atoms with Crippen LogP contribution >= 0.6 is 11.5 Å². The van der Waals surface area contributed by atoms with Crippen LogP contribution in [0, 0.1) is 12.8 Å². The van der Waals surface area contributed by atoms with Crippen LogP contribution in [-0.2, 0) is 22.0 Å². The maximum atomic E-state index is 13.3. The van der Waals surface area contributed by atoms with Crippen molar-refractivity contribution in [3.8, 4) is 5.69 Å². The summed E-state index contributed by atoms with van der Waals surface area (Å²) >= 11 is 1.38. The van der Waals surface area contributed by atoms with Crippen LogP contribution in [-0.4, -0.2) is 56.8 Å². The Balaban J connectivity index is 1.07. The number of aryl methyl sites for hydroxylation is 1. The van der Waals surface area contributed by atoms with Crippen molar-refractivity contribution in [3.63, 3.8) is 0 Å². The van der Waals surface area contributed by atoms with Crippen molar-refractivity contribution in [2.75, 3.05) is 30.3 Å². The molecule has 236 valence electrons. The normalized spacial score (nSPS) is 16.0. The molecule has 1 saturated heterocycles. The summed E-state index contributed by atoms with van der Waals surface area (Å²) in [6.45, 7) is 9.61. The van der Waals surface area contributed by atoms with E-state index in [1.54, 1.807) is 21.4 Å². The lowest BCUT2D eigenvalue weighted by molar-refractivity contribution is 0.262. The van der Waals surface area contributed by atoms with E-state index in [9.17, 15) is 13.2 Å². The standard InChI is InChI=1S/C33H39N7O3S2/c1-23-8-10-28(11-9-23)40-31(20-30(37-40)33(2,3)4)36-32(41)35-27-7-5-6-25(19-27)18-24-12-15-38(16-13-24)45(42,43)39-17-14-29-26(22-39)21-34-44-29/h5-11,14,19-22,24H,12-13,15-18H2,1-4H3,(H2,35,36,41). The van der Waals surface area contributed by atoms with Gasteiger partial charge in [0.15, 0.2) is 0 Å². The molecule has 6 rings (SSSR count). The van der Waals surface area contributed by atoms with Gasteiger partial charge in [-0.2, -0.15) is 22.2 Å². The Labute approximate surface area is 268 Å². The van der Waals surface area contributed by atoms with Crippen molar-refractivity contribution in [2.24, 2.45) is 5.92 Å². The summed E-state index contributed by atoms with van der Waals surface area (Å²) in [5.41, 5.74) is 4.50. The molecule has 4 aromatic rings. The molecule has 0 saturated carbocycles. The summed E-state index contributed by atoms with van der Waals surface area (Å²) in [5.74, 6) is 0.941. The van der Waals surface area contributed by atoms with Crippen LogP contribution in [0.5, 0.6) is 0 Å². The molecule has 4 heterocycles. The second kappa shape index (κ2) is 12.4. The van der Waals surface area contributed by atoms with Gasteiger partial charge >= 0.3 is 16.2 Å². The second-order valence-electron chi connectivity index (χ2n) is 12.8. The molecule has 10 nitrogen and oxygen atoms in total. The minimum atomic E-state index is -3.58. The fourth-order valence-corrected chi connectivity index (χ4v) is 7.77. The predicted octanol–water partition coefficient (Wildman–Crippen LogP) is 4.61. The van der Waals surface area contributed by atoms with Crippen molar-refractivity contribution >= 4 is 51.6 Å². The minimum Gasteiger partial charge on any atom is -0.308 e. The fourth-order valence-electron chi connectivity index (χ4n) is 5.65. The third-order valence-corrected chi connectivity index (χ3v) is 10.9. The number of piperidine rings is 1. The molecule has 0 atom stereocenters. The van der Waals surface area contributed by atoms with Gasteiger partial charge in [-0.05, 0) is 79.5 Å². The molecule has 2 amide bonds. The number of fused-ring (bicyclic) bond motifs is 1. The van der Waals surface area contributed by atoms with Crippen LogP contribution in [0.3, 0.4) is 0 Å². The molecule has 1 fully saturated rings. The van der Waals surface area contributed by atoms with E-state index in [2.05, 4.69) is 41.8 Å².